The van der Waals surface area contributed by atoms with Crippen LogP contribution < -0.4 is 9.64 Å². The highest BCUT2D eigenvalue weighted by atomic mass is 16.5. The van der Waals surface area contributed by atoms with Crippen LogP contribution in [0, 0.1) is 0 Å². The van der Waals surface area contributed by atoms with Gasteiger partial charge in [0, 0.05) is 37.7 Å². The third-order valence-corrected chi connectivity index (χ3v) is 2.74. The Morgan fingerprint density at radius 3 is 2.47 bits per heavy atom. The van der Waals surface area contributed by atoms with Crippen LogP contribution >= 0.6 is 0 Å². The fourth-order valence-electron chi connectivity index (χ4n) is 1.82. The third-order valence-electron chi connectivity index (χ3n) is 2.74. The summed E-state index contributed by atoms with van der Waals surface area (Å²) in [5.74, 6) is 1.23. The minimum absolute atomic E-state index is 0.370. The number of carbonyl (C=O) groups is 1. The van der Waals surface area contributed by atoms with Crippen molar-refractivity contribution in [1.82, 2.24) is 0 Å². The van der Waals surface area contributed by atoms with Gasteiger partial charge < -0.3 is 9.64 Å². The number of methoxy groups -OCH3 is 1. The van der Waals surface area contributed by atoms with Gasteiger partial charge in [0.15, 0.2) is 0 Å². The van der Waals surface area contributed by atoms with Gasteiger partial charge in [-0.3, -0.25) is 4.79 Å². The Kier molecular flexibility index (Phi) is 5.27. The van der Waals surface area contributed by atoms with E-state index in [1.165, 1.54) is 0 Å². The lowest BCUT2D eigenvalue weighted by atomic mass is 10.1. The van der Waals surface area contributed by atoms with Crippen molar-refractivity contribution in [2.75, 3.05) is 25.1 Å². The molecule has 1 saturated heterocycles. The van der Waals surface area contributed by atoms with Crippen molar-refractivity contribution < 1.29 is 9.53 Å². The molecule has 0 spiro atoms. The Labute approximate surface area is 103 Å². The molecule has 1 aromatic carbocycles. The minimum atomic E-state index is 0.370. The molecule has 3 heteroatoms. The summed E-state index contributed by atoms with van der Waals surface area (Å²) in [6.07, 6.45) is 1.33. The van der Waals surface area contributed by atoms with E-state index in [4.69, 9.17) is 4.74 Å². The first-order valence-electron chi connectivity index (χ1n) is 5.70. The number of carbonyl (C=O) groups excluding carboxylic acids is 1. The van der Waals surface area contributed by atoms with Crippen LogP contribution in [0.25, 0.3) is 0 Å². The van der Waals surface area contributed by atoms with Crippen molar-refractivity contribution in [3.05, 3.63) is 37.4 Å². The number of hydrogen-bond acceptors (Lipinski definition) is 3. The van der Waals surface area contributed by atoms with Crippen LogP contribution in [0.1, 0.15) is 12.8 Å². The third kappa shape index (κ3) is 3.63. The number of piperidine rings is 1. The molecule has 1 fully saturated rings. The van der Waals surface area contributed by atoms with Gasteiger partial charge in [-0.05, 0) is 12.1 Å². The number of benzene rings is 1. The molecule has 17 heavy (non-hydrogen) atoms. The molecule has 1 heterocycles. The average Bonchev–Trinajstić information content (AvgIpc) is 2.42. The van der Waals surface area contributed by atoms with E-state index in [2.05, 4.69) is 24.1 Å². The zero-order valence-electron chi connectivity index (χ0n) is 10.3. The van der Waals surface area contributed by atoms with Crippen molar-refractivity contribution >= 4 is 11.5 Å². The van der Waals surface area contributed by atoms with E-state index in [-0.39, 0.29) is 0 Å². The maximum atomic E-state index is 11.1. The largest absolute Gasteiger partial charge is 0.497 e. The highest BCUT2D eigenvalue weighted by Crippen LogP contribution is 2.23. The minimum Gasteiger partial charge on any atom is -0.497 e. The van der Waals surface area contributed by atoms with Crippen LogP contribution in [0.2, 0.25) is 0 Å². The molecule has 0 bridgehead atoms. The SMILES string of the molecule is C=C.COc1cccc(N2CCC(=O)CC2)c1. The van der Waals surface area contributed by atoms with Gasteiger partial charge in [-0.1, -0.05) is 6.07 Å². The molecule has 2 rings (SSSR count). The molecule has 92 valence electrons. The lowest BCUT2D eigenvalue weighted by Gasteiger charge is -2.28. The van der Waals surface area contributed by atoms with Crippen molar-refractivity contribution in [2.24, 2.45) is 0 Å². The van der Waals surface area contributed by atoms with Crippen LogP contribution in [0.3, 0.4) is 0 Å². The molecule has 0 atom stereocenters. The predicted molar refractivity (Wildman–Crippen MR) is 70.7 cm³/mol. The Hall–Kier alpha value is -1.77. The van der Waals surface area contributed by atoms with E-state index in [9.17, 15) is 4.79 Å². The van der Waals surface area contributed by atoms with Gasteiger partial charge in [-0.25, -0.2) is 0 Å². The van der Waals surface area contributed by atoms with Crippen LogP contribution in [-0.2, 0) is 4.79 Å². The van der Waals surface area contributed by atoms with E-state index in [0.717, 1.165) is 24.5 Å². The molecule has 0 saturated carbocycles. The summed E-state index contributed by atoms with van der Waals surface area (Å²) in [6.45, 7) is 7.65. The smallest absolute Gasteiger partial charge is 0.136 e. The maximum absolute atomic E-state index is 11.1. The van der Waals surface area contributed by atoms with Gasteiger partial charge >= 0.3 is 0 Å². The van der Waals surface area contributed by atoms with Gasteiger partial charge in [0.2, 0.25) is 0 Å². The second kappa shape index (κ2) is 6.74. The van der Waals surface area contributed by atoms with E-state index < -0.39 is 0 Å². The van der Waals surface area contributed by atoms with E-state index >= 15 is 0 Å². The normalized spacial score (nSPS) is 14.9. The molecule has 0 aliphatic carbocycles. The topological polar surface area (TPSA) is 29.5 Å². The van der Waals surface area contributed by atoms with Gasteiger partial charge in [0.1, 0.15) is 11.5 Å². The van der Waals surface area contributed by atoms with Crippen molar-refractivity contribution in [3.63, 3.8) is 0 Å². The Morgan fingerprint density at radius 2 is 1.88 bits per heavy atom. The number of ether oxygens (including phenoxy) is 1. The Balaban J connectivity index is 0.000000686. The first-order valence-corrected chi connectivity index (χ1v) is 5.70. The summed E-state index contributed by atoms with van der Waals surface area (Å²) >= 11 is 0. The van der Waals surface area contributed by atoms with Gasteiger partial charge in [0.25, 0.3) is 0 Å². The molecule has 1 aliphatic rings. The standard InChI is InChI=1S/C12H15NO2.C2H4/c1-15-12-4-2-3-10(9-12)13-7-5-11(14)6-8-13;1-2/h2-4,9H,5-8H2,1H3;1-2H2. The molecule has 0 aromatic heterocycles. The monoisotopic (exact) mass is 233 g/mol. The lowest BCUT2D eigenvalue weighted by Crippen LogP contribution is -2.33. The summed E-state index contributed by atoms with van der Waals surface area (Å²) < 4.78 is 5.17. The molecular weight excluding hydrogens is 214 g/mol. The number of nitrogens with zero attached hydrogens (tertiary/aromatic N) is 1. The first-order chi connectivity index (χ1) is 8.29. The molecule has 0 radical (unpaired) electrons. The molecule has 0 N–H and O–H groups in total. The number of hydrogen-bond donors (Lipinski definition) is 0. The summed E-state index contributed by atoms with van der Waals surface area (Å²) in [4.78, 5) is 13.3. The fraction of sp³-hybridized carbons (Fsp3) is 0.357. The summed E-state index contributed by atoms with van der Waals surface area (Å²) in [6, 6.07) is 7.97. The van der Waals surface area contributed by atoms with Crippen molar-refractivity contribution in [2.45, 2.75) is 12.8 Å². The van der Waals surface area contributed by atoms with E-state index in [1.54, 1.807) is 7.11 Å². The quantitative estimate of drug-likeness (QED) is 0.735. The number of ketones is 1. The lowest BCUT2D eigenvalue weighted by molar-refractivity contribution is -0.119. The molecule has 0 unspecified atom stereocenters. The average molecular weight is 233 g/mol. The molecule has 1 aliphatic heterocycles. The summed E-state index contributed by atoms with van der Waals surface area (Å²) in [5.41, 5.74) is 1.14. The first kappa shape index (κ1) is 13.3. The fourth-order valence-corrected chi connectivity index (χ4v) is 1.82. The molecule has 0 amide bonds. The van der Waals surface area contributed by atoms with Crippen LogP contribution in [0.4, 0.5) is 5.69 Å². The molecule has 3 nitrogen and oxygen atoms in total. The Bertz CT molecular complexity index is 366. The van der Waals surface area contributed by atoms with Gasteiger partial charge in [-0.2, -0.15) is 0 Å². The highest BCUT2D eigenvalue weighted by molar-refractivity contribution is 5.81. The number of rotatable bonds is 2. The van der Waals surface area contributed by atoms with E-state index in [1.807, 2.05) is 18.2 Å². The van der Waals surface area contributed by atoms with Crippen molar-refractivity contribution in [3.8, 4) is 5.75 Å². The van der Waals surface area contributed by atoms with Crippen LogP contribution in [0.5, 0.6) is 5.75 Å². The number of Topliss-reactive ketones (excluding diaryl/α,β-unsaturated/α-hetero) is 1. The summed E-state index contributed by atoms with van der Waals surface area (Å²) in [7, 11) is 1.67. The van der Waals surface area contributed by atoms with Crippen molar-refractivity contribution in [1.29, 1.82) is 0 Å². The van der Waals surface area contributed by atoms with Crippen LogP contribution in [0.15, 0.2) is 37.4 Å². The maximum Gasteiger partial charge on any atom is 0.136 e. The molecule has 1 aromatic rings. The second-order valence-electron chi connectivity index (χ2n) is 3.73. The Morgan fingerprint density at radius 1 is 1.24 bits per heavy atom. The molecular formula is C14H19NO2. The zero-order chi connectivity index (χ0) is 12.7. The zero-order valence-corrected chi connectivity index (χ0v) is 10.3. The van der Waals surface area contributed by atoms with Gasteiger partial charge in [-0.15, -0.1) is 13.2 Å². The van der Waals surface area contributed by atoms with E-state index in [0.29, 0.717) is 18.6 Å². The second-order valence-corrected chi connectivity index (χ2v) is 3.73. The van der Waals surface area contributed by atoms with Crippen LogP contribution in [-0.4, -0.2) is 26.0 Å². The van der Waals surface area contributed by atoms with Gasteiger partial charge in [0.05, 0.1) is 7.11 Å². The number of anilines is 1. The predicted octanol–water partition coefficient (Wildman–Crippen LogP) is 2.67. The highest BCUT2D eigenvalue weighted by Gasteiger charge is 2.16. The summed E-state index contributed by atoms with van der Waals surface area (Å²) in [5, 5.41) is 0.